The van der Waals surface area contributed by atoms with Crippen LogP contribution >= 0.6 is 11.3 Å². The van der Waals surface area contributed by atoms with Crippen molar-refractivity contribution in [3.05, 3.63) is 92.2 Å². The van der Waals surface area contributed by atoms with Crippen LogP contribution < -0.4 is 5.56 Å². The number of amides is 1. The third-order valence-corrected chi connectivity index (χ3v) is 6.88. The molecule has 2 aromatic heterocycles. The van der Waals surface area contributed by atoms with Gasteiger partial charge in [0.05, 0.1) is 29.1 Å². The first kappa shape index (κ1) is 22.0. The summed E-state index contributed by atoms with van der Waals surface area (Å²) in [6.07, 6.45) is 0.981. The van der Waals surface area contributed by atoms with Crippen LogP contribution in [0.4, 0.5) is 0 Å². The molecule has 1 amide bonds. The second-order valence-corrected chi connectivity index (χ2v) is 9.11. The minimum atomic E-state index is -0.332. The lowest BCUT2D eigenvalue weighted by molar-refractivity contribution is -0.131. The molecule has 0 N–H and O–H groups in total. The molecule has 0 radical (unpaired) electrons. The lowest BCUT2D eigenvalue weighted by Crippen LogP contribution is -2.36. The summed E-state index contributed by atoms with van der Waals surface area (Å²) in [5, 5.41) is 2.54. The zero-order valence-corrected chi connectivity index (χ0v) is 19.6. The second kappa shape index (κ2) is 9.09. The Morgan fingerprint density at radius 1 is 1.09 bits per heavy atom. The molecule has 32 heavy (non-hydrogen) atoms. The van der Waals surface area contributed by atoms with E-state index in [0.29, 0.717) is 29.6 Å². The van der Waals surface area contributed by atoms with Crippen LogP contribution in [0.1, 0.15) is 41.2 Å². The summed E-state index contributed by atoms with van der Waals surface area (Å²) in [7, 11) is 1.80. The molecular weight excluding hydrogens is 418 g/mol. The van der Waals surface area contributed by atoms with Gasteiger partial charge >= 0.3 is 0 Å². The number of hydrogen-bond acceptors (Lipinski definition) is 4. The Hall–Kier alpha value is -3.25. The summed E-state index contributed by atoms with van der Waals surface area (Å²) in [6.45, 7) is 6.10. The Morgan fingerprint density at radius 3 is 2.56 bits per heavy atom. The average Bonchev–Trinajstić information content (AvgIpc) is 3.29. The van der Waals surface area contributed by atoms with Crippen molar-refractivity contribution in [3.63, 3.8) is 0 Å². The van der Waals surface area contributed by atoms with Crippen LogP contribution in [0.5, 0.6) is 0 Å². The molecule has 164 valence electrons. The number of thiophene rings is 1. The lowest BCUT2D eigenvalue weighted by atomic mass is 10.1. The predicted octanol–water partition coefficient (Wildman–Crippen LogP) is 5.22. The predicted molar refractivity (Wildman–Crippen MR) is 131 cm³/mol. The van der Waals surface area contributed by atoms with Crippen molar-refractivity contribution in [2.75, 3.05) is 7.05 Å². The van der Waals surface area contributed by atoms with Gasteiger partial charge in [0, 0.05) is 11.9 Å². The summed E-state index contributed by atoms with van der Waals surface area (Å²) >= 11 is 1.57. The first-order valence-electron chi connectivity index (χ1n) is 10.8. The standard InChI is InChI=1S/C26H27N3O2S/c1-5-23(28(4)24(30)16-20-9-8-14-32-20)25-27-22-11-7-6-10-21(22)26(31)29(25)19-13-12-17(2)18(3)15-19/h6-15,23H,5,16H2,1-4H3. The highest BCUT2D eigenvalue weighted by Gasteiger charge is 2.26. The molecule has 0 bridgehead atoms. The number of carbonyl (C=O) groups is 1. The third-order valence-electron chi connectivity index (χ3n) is 6.00. The molecule has 4 aromatic rings. The van der Waals surface area contributed by atoms with Crippen molar-refractivity contribution < 1.29 is 4.79 Å². The first-order valence-corrected chi connectivity index (χ1v) is 11.7. The van der Waals surface area contributed by atoms with Crippen molar-refractivity contribution in [1.29, 1.82) is 0 Å². The van der Waals surface area contributed by atoms with Crippen molar-refractivity contribution in [2.45, 2.75) is 39.7 Å². The maximum absolute atomic E-state index is 13.6. The summed E-state index contributed by atoms with van der Waals surface area (Å²) in [5.41, 5.74) is 3.55. The maximum atomic E-state index is 13.6. The maximum Gasteiger partial charge on any atom is 0.266 e. The molecule has 0 aliphatic heterocycles. The van der Waals surface area contributed by atoms with Crippen LogP contribution in [-0.2, 0) is 11.2 Å². The summed E-state index contributed by atoms with van der Waals surface area (Å²) in [6, 6.07) is 17.0. The number of carbonyl (C=O) groups excluding carboxylic acids is 1. The molecule has 1 unspecified atom stereocenters. The quantitative estimate of drug-likeness (QED) is 0.409. The van der Waals surface area contributed by atoms with Gasteiger partial charge in [-0.05, 0) is 67.1 Å². The minimum absolute atomic E-state index is 0.00773. The van der Waals surface area contributed by atoms with Crippen LogP contribution in [0.15, 0.2) is 64.8 Å². The zero-order chi connectivity index (χ0) is 22.8. The number of fused-ring (bicyclic) bond motifs is 1. The Kier molecular flexibility index (Phi) is 6.24. The van der Waals surface area contributed by atoms with E-state index in [0.717, 1.165) is 21.7 Å². The molecule has 0 fully saturated rings. The molecule has 5 nitrogen and oxygen atoms in total. The summed E-state index contributed by atoms with van der Waals surface area (Å²) < 4.78 is 1.68. The monoisotopic (exact) mass is 445 g/mol. The van der Waals surface area contributed by atoms with E-state index < -0.39 is 0 Å². The number of benzene rings is 2. The van der Waals surface area contributed by atoms with E-state index in [2.05, 4.69) is 0 Å². The van der Waals surface area contributed by atoms with Crippen LogP contribution in [0, 0.1) is 13.8 Å². The molecular formula is C26H27N3O2S. The SMILES string of the molecule is CCC(c1nc2ccccc2c(=O)n1-c1ccc(C)c(C)c1)N(C)C(=O)Cc1cccs1. The van der Waals surface area contributed by atoms with Gasteiger partial charge < -0.3 is 4.90 Å². The lowest BCUT2D eigenvalue weighted by Gasteiger charge is -2.29. The van der Waals surface area contributed by atoms with Gasteiger partial charge in [0.2, 0.25) is 5.91 Å². The largest absolute Gasteiger partial charge is 0.335 e. The van der Waals surface area contributed by atoms with E-state index in [1.54, 1.807) is 33.9 Å². The highest BCUT2D eigenvalue weighted by atomic mass is 32.1. The van der Waals surface area contributed by atoms with Crippen LogP contribution in [0.25, 0.3) is 16.6 Å². The fraction of sp³-hybridized carbons (Fsp3) is 0.269. The average molecular weight is 446 g/mol. The Labute approximate surface area is 192 Å². The number of hydrogen-bond donors (Lipinski definition) is 0. The highest BCUT2D eigenvalue weighted by molar-refractivity contribution is 7.10. The number of aryl methyl sites for hydroxylation is 2. The molecule has 1 atom stereocenters. The van der Waals surface area contributed by atoms with E-state index in [9.17, 15) is 9.59 Å². The Bertz CT molecular complexity index is 1320. The molecule has 0 saturated heterocycles. The van der Waals surface area contributed by atoms with E-state index in [-0.39, 0.29) is 17.5 Å². The van der Waals surface area contributed by atoms with E-state index in [1.807, 2.05) is 74.7 Å². The van der Waals surface area contributed by atoms with Gasteiger partial charge in [0.1, 0.15) is 5.82 Å². The second-order valence-electron chi connectivity index (χ2n) is 8.08. The first-order chi connectivity index (χ1) is 15.4. The van der Waals surface area contributed by atoms with Gasteiger partial charge in [-0.1, -0.05) is 31.2 Å². The number of aromatic nitrogens is 2. The van der Waals surface area contributed by atoms with Gasteiger partial charge in [-0.3, -0.25) is 14.2 Å². The number of rotatable bonds is 6. The molecule has 0 aliphatic carbocycles. The van der Waals surface area contributed by atoms with E-state index in [1.165, 1.54) is 0 Å². The van der Waals surface area contributed by atoms with Gasteiger partial charge in [-0.25, -0.2) is 4.98 Å². The molecule has 0 spiro atoms. The number of nitrogens with zero attached hydrogens (tertiary/aromatic N) is 3. The molecule has 2 heterocycles. The van der Waals surface area contributed by atoms with Gasteiger partial charge in [0.25, 0.3) is 5.56 Å². The van der Waals surface area contributed by atoms with E-state index in [4.69, 9.17) is 4.98 Å². The van der Waals surface area contributed by atoms with Crippen molar-refractivity contribution in [3.8, 4) is 5.69 Å². The Morgan fingerprint density at radius 2 is 1.88 bits per heavy atom. The number of para-hydroxylation sites is 1. The fourth-order valence-corrected chi connectivity index (χ4v) is 4.67. The highest BCUT2D eigenvalue weighted by Crippen LogP contribution is 2.26. The molecule has 4 rings (SSSR count). The zero-order valence-electron chi connectivity index (χ0n) is 18.8. The van der Waals surface area contributed by atoms with Gasteiger partial charge in [-0.15, -0.1) is 11.3 Å². The summed E-state index contributed by atoms with van der Waals surface area (Å²) in [4.78, 5) is 34.4. The van der Waals surface area contributed by atoms with Crippen LogP contribution in [0.3, 0.4) is 0 Å². The summed E-state index contributed by atoms with van der Waals surface area (Å²) in [5.74, 6) is 0.592. The molecule has 6 heteroatoms. The van der Waals surface area contributed by atoms with Crippen molar-refractivity contribution >= 4 is 28.1 Å². The molecule has 0 aliphatic rings. The molecule has 0 saturated carbocycles. The van der Waals surface area contributed by atoms with Crippen LogP contribution in [-0.4, -0.2) is 27.4 Å². The Balaban J connectivity index is 1.88. The van der Waals surface area contributed by atoms with Crippen molar-refractivity contribution in [1.82, 2.24) is 14.5 Å². The van der Waals surface area contributed by atoms with Gasteiger partial charge in [-0.2, -0.15) is 0 Å². The third kappa shape index (κ3) is 4.10. The fourth-order valence-electron chi connectivity index (χ4n) is 3.98. The van der Waals surface area contributed by atoms with E-state index >= 15 is 0 Å². The minimum Gasteiger partial charge on any atom is -0.335 e. The molecule has 2 aromatic carbocycles. The topological polar surface area (TPSA) is 55.2 Å². The normalized spacial score (nSPS) is 12.1. The van der Waals surface area contributed by atoms with Crippen LogP contribution in [0.2, 0.25) is 0 Å². The number of likely N-dealkylation sites (N-methyl/N-ethyl adjacent to an activating group) is 1. The smallest absolute Gasteiger partial charge is 0.266 e. The van der Waals surface area contributed by atoms with Crippen molar-refractivity contribution in [2.24, 2.45) is 0 Å². The van der Waals surface area contributed by atoms with Gasteiger partial charge in [0.15, 0.2) is 0 Å².